The largest absolute Gasteiger partial charge is 0.508 e. The maximum atomic E-state index is 9.41. The minimum absolute atomic E-state index is 0.163. The minimum atomic E-state index is -0.163. The Morgan fingerprint density at radius 3 is 2.57 bits per heavy atom. The zero-order valence-electron chi connectivity index (χ0n) is 14.3. The number of ether oxygens (including phenoxy) is 3. The van der Waals surface area contributed by atoms with Gasteiger partial charge in [-0.2, -0.15) is 0 Å². The molecular weight excluding hydrogens is 292 g/mol. The molecule has 1 aromatic rings. The fourth-order valence-corrected chi connectivity index (χ4v) is 2.39. The highest BCUT2D eigenvalue weighted by molar-refractivity contribution is 5.45. The molecule has 0 saturated heterocycles. The third kappa shape index (κ3) is 5.32. The Morgan fingerprint density at radius 1 is 1.17 bits per heavy atom. The summed E-state index contributed by atoms with van der Waals surface area (Å²) in [5.74, 6) is 2.00. The van der Waals surface area contributed by atoms with Gasteiger partial charge in [-0.1, -0.05) is 12.1 Å². The van der Waals surface area contributed by atoms with E-state index in [-0.39, 0.29) is 11.5 Å². The van der Waals surface area contributed by atoms with Gasteiger partial charge in [0.1, 0.15) is 12.4 Å². The van der Waals surface area contributed by atoms with E-state index < -0.39 is 0 Å². The molecule has 1 aliphatic carbocycles. The number of aliphatic hydroxyl groups is 1. The predicted molar refractivity (Wildman–Crippen MR) is 91.4 cm³/mol. The van der Waals surface area contributed by atoms with Crippen LogP contribution in [-0.2, 0) is 4.74 Å². The Balaban J connectivity index is 1.98. The maximum Gasteiger partial charge on any atom is 0.161 e. The number of hydrogen-bond acceptors (Lipinski definition) is 4. The summed E-state index contributed by atoms with van der Waals surface area (Å²) in [6.45, 7) is 7.07. The van der Waals surface area contributed by atoms with Crippen LogP contribution in [0.1, 0.15) is 38.7 Å². The topological polar surface area (TPSA) is 47.9 Å². The molecule has 0 radical (unpaired) electrons. The average molecular weight is 318 g/mol. The molecule has 1 aliphatic rings. The molecule has 1 atom stereocenters. The van der Waals surface area contributed by atoms with E-state index in [4.69, 9.17) is 14.2 Å². The van der Waals surface area contributed by atoms with Crippen LogP contribution in [0.5, 0.6) is 11.5 Å². The zero-order chi connectivity index (χ0) is 16.9. The second kappa shape index (κ2) is 7.55. The lowest BCUT2D eigenvalue weighted by atomic mass is 9.92. The number of benzene rings is 1. The smallest absolute Gasteiger partial charge is 0.161 e. The van der Waals surface area contributed by atoms with E-state index in [1.807, 2.05) is 51.1 Å². The van der Waals surface area contributed by atoms with Gasteiger partial charge in [-0.05, 0) is 57.0 Å². The van der Waals surface area contributed by atoms with E-state index in [1.165, 1.54) is 0 Å². The van der Waals surface area contributed by atoms with E-state index >= 15 is 0 Å². The van der Waals surface area contributed by atoms with Crippen molar-refractivity contribution in [1.29, 1.82) is 0 Å². The third-order valence-corrected chi connectivity index (χ3v) is 3.57. The quantitative estimate of drug-likeness (QED) is 0.791. The van der Waals surface area contributed by atoms with Crippen molar-refractivity contribution in [2.24, 2.45) is 0 Å². The molecule has 0 fully saturated rings. The normalized spacial score (nSPS) is 17.7. The Labute approximate surface area is 138 Å². The van der Waals surface area contributed by atoms with E-state index in [1.54, 1.807) is 13.2 Å². The third-order valence-electron chi connectivity index (χ3n) is 3.57. The average Bonchev–Trinajstić information content (AvgIpc) is 2.51. The standard InChI is InChI=1S/C19H26O4/c1-19(2,3)23-12-11-22-17-10-7-15(13-18(17)21-4)14-5-8-16(20)9-6-14/h5,7-10,13-14,20H,6,11-12H2,1-4H3. The zero-order valence-corrected chi connectivity index (χ0v) is 14.3. The highest BCUT2D eigenvalue weighted by Gasteiger charge is 2.15. The first-order valence-corrected chi connectivity index (χ1v) is 7.91. The van der Waals surface area contributed by atoms with Gasteiger partial charge >= 0.3 is 0 Å². The van der Waals surface area contributed by atoms with Crippen molar-refractivity contribution in [3.63, 3.8) is 0 Å². The maximum absolute atomic E-state index is 9.41. The summed E-state index contributed by atoms with van der Waals surface area (Å²) in [5.41, 5.74) is 0.976. The van der Waals surface area contributed by atoms with Gasteiger partial charge in [0.2, 0.25) is 0 Å². The van der Waals surface area contributed by atoms with Crippen LogP contribution < -0.4 is 9.47 Å². The lowest BCUT2D eigenvalue weighted by Crippen LogP contribution is -2.22. The Kier molecular flexibility index (Phi) is 5.72. The number of rotatable bonds is 6. The lowest BCUT2D eigenvalue weighted by molar-refractivity contribution is -0.0165. The summed E-state index contributed by atoms with van der Waals surface area (Å²) in [7, 11) is 1.64. The van der Waals surface area contributed by atoms with E-state index in [2.05, 4.69) is 0 Å². The molecule has 0 bridgehead atoms. The predicted octanol–water partition coefficient (Wildman–Crippen LogP) is 4.37. The van der Waals surface area contributed by atoms with Crippen LogP contribution in [0.3, 0.4) is 0 Å². The van der Waals surface area contributed by atoms with Crippen LogP contribution >= 0.6 is 0 Å². The molecule has 4 heteroatoms. The van der Waals surface area contributed by atoms with Gasteiger partial charge in [-0.3, -0.25) is 0 Å². The second-order valence-corrected chi connectivity index (χ2v) is 6.55. The lowest BCUT2D eigenvalue weighted by Gasteiger charge is -2.20. The van der Waals surface area contributed by atoms with Crippen LogP contribution in [0.15, 0.2) is 42.2 Å². The van der Waals surface area contributed by atoms with Crippen molar-refractivity contribution in [3.05, 3.63) is 47.7 Å². The molecule has 0 spiro atoms. The Hall–Kier alpha value is -1.94. The molecule has 0 saturated carbocycles. The Morgan fingerprint density at radius 2 is 1.96 bits per heavy atom. The first kappa shape index (κ1) is 17.4. The number of methoxy groups -OCH3 is 1. The van der Waals surface area contributed by atoms with Crippen molar-refractivity contribution in [1.82, 2.24) is 0 Å². The molecule has 1 aromatic carbocycles. The Bertz CT molecular complexity index is 582. The SMILES string of the molecule is COc1cc(C2C=CC(O)=CC2)ccc1OCCOC(C)(C)C. The highest BCUT2D eigenvalue weighted by Crippen LogP contribution is 2.34. The highest BCUT2D eigenvalue weighted by atomic mass is 16.5. The minimum Gasteiger partial charge on any atom is -0.508 e. The van der Waals surface area contributed by atoms with Gasteiger partial charge in [0.15, 0.2) is 11.5 Å². The van der Waals surface area contributed by atoms with Crippen molar-refractivity contribution < 1.29 is 19.3 Å². The number of allylic oxidation sites excluding steroid dienone is 3. The molecule has 0 aliphatic heterocycles. The first-order chi connectivity index (χ1) is 10.9. The number of aliphatic hydroxyl groups excluding tert-OH is 1. The summed E-state index contributed by atoms with van der Waals surface area (Å²) in [5, 5.41) is 9.41. The van der Waals surface area contributed by atoms with E-state index in [0.29, 0.717) is 30.5 Å². The van der Waals surface area contributed by atoms with Gasteiger partial charge in [0, 0.05) is 5.92 Å². The van der Waals surface area contributed by atoms with Crippen LogP contribution in [0.4, 0.5) is 0 Å². The van der Waals surface area contributed by atoms with Crippen molar-refractivity contribution in [2.45, 2.75) is 38.7 Å². The summed E-state index contributed by atoms with van der Waals surface area (Å²) in [6, 6.07) is 5.95. The molecule has 0 amide bonds. The van der Waals surface area contributed by atoms with E-state index in [0.717, 1.165) is 12.0 Å². The van der Waals surface area contributed by atoms with E-state index in [9.17, 15) is 5.11 Å². The summed E-state index contributed by atoms with van der Waals surface area (Å²) in [6.07, 6.45) is 6.34. The molecular formula is C19H26O4. The molecule has 126 valence electrons. The van der Waals surface area contributed by atoms with Crippen LogP contribution in [0, 0.1) is 0 Å². The van der Waals surface area contributed by atoms with Gasteiger partial charge in [-0.25, -0.2) is 0 Å². The van der Waals surface area contributed by atoms with Crippen molar-refractivity contribution >= 4 is 0 Å². The molecule has 0 heterocycles. The second-order valence-electron chi connectivity index (χ2n) is 6.55. The fourth-order valence-electron chi connectivity index (χ4n) is 2.39. The van der Waals surface area contributed by atoms with Crippen LogP contribution in [0.2, 0.25) is 0 Å². The summed E-state index contributed by atoms with van der Waals surface area (Å²) < 4.78 is 16.9. The fraction of sp³-hybridized carbons (Fsp3) is 0.474. The van der Waals surface area contributed by atoms with Gasteiger partial charge in [0.25, 0.3) is 0 Å². The van der Waals surface area contributed by atoms with Crippen LogP contribution in [0.25, 0.3) is 0 Å². The molecule has 4 nitrogen and oxygen atoms in total. The molecule has 2 rings (SSSR count). The molecule has 23 heavy (non-hydrogen) atoms. The molecule has 0 aromatic heterocycles. The van der Waals surface area contributed by atoms with Gasteiger partial charge in [0.05, 0.1) is 19.3 Å². The monoisotopic (exact) mass is 318 g/mol. The summed E-state index contributed by atoms with van der Waals surface area (Å²) in [4.78, 5) is 0. The molecule has 1 N–H and O–H groups in total. The first-order valence-electron chi connectivity index (χ1n) is 7.91. The molecule has 1 unspecified atom stereocenters. The van der Waals surface area contributed by atoms with Crippen molar-refractivity contribution in [2.75, 3.05) is 20.3 Å². The number of hydrogen-bond donors (Lipinski definition) is 1. The van der Waals surface area contributed by atoms with Crippen LogP contribution in [-0.4, -0.2) is 31.0 Å². The van der Waals surface area contributed by atoms with Crippen molar-refractivity contribution in [3.8, 4) is 11.5 Å². The van der Waals surface area contributed by atoms with Gasteiger partial charge < -0.3 is 19.3 Å². The van der Waals surface area contributed by atoms with Gasteiger partial charge in [-0.15, -0.1) is 0 Å². The summed E-state index contributed by atoms with van der Waals surface area (Å²) >= 11 is 0.